The predicted molar refractivity (Wildman–Crippen MR) is 66.7 cm³/mol. The Balaban J connectivity index is 1.57. The Labute approximate surface area is 112 Å². The number of carboxylic acid groups (broad SMARTS) is 1. The van der Waals surface area contributed by atoms with Gasteiger partial charge in [-0.1, -0.05) is 0 Å². The van der Waals surface area contributed by atoms with Crippen molar-refractivity contribution in [2.24, 2.45) is 0 Å². The van der Waals surface area contributed by atoms with Crippen molar-refractivity contribution in [1.82, 2.24) is 9.80 Å². The van der Waals surface area contributed by atoms with E-state index in [4.69, 9.17) is 9.84 Å². The predicted octanol–water partition coefficient (Wildman–Crippen LogP) is -0.0748. The third-order valence-corrected chi connectivity index (χ3v) is 4.47. The summed E-state index contributed by atoms with van der Waals surface area (Å²) >= 11 is 0. The molecule has 3 aliphatic rings. The molecule has 0 radical (unpaired) electrons. The Bertz CT molecular complexity index is 387. The van der Waals surface area contributed by atoms with Gasteiger partial charge in [-0.25, -0.2) is 4.79 Å². The number of rotatable bonds is 2. The van der Waals surface area contributed by atoms with E-state index in [1.165, 1.54) is 6.42 Å². The van der Waals surface area contributed by atoms with Crippen molar-refractivity contribution in [3.8, 4) is 0 Å². The molecule has 3 heterocycles. The first-order chi connectivity index (χ1) is 9.15. The van der Waals surface area contributed by atoms with Crippen LogP contribution in [0.5, 0.6) is 0 Å². The zero-order valence-electron chi connectivity index (χ0n) is 11.0. The van der Waals surface area contributed by atoms with Crippen LogP contribution in [0.1, 0.15) is 25.7 Å². The van der Waals surface area contributed by atoms with Gasteiger partial charge in [0.05, 0.1) is 0 Å². The van der Waals surface area contributed by atoms with Gasteiger partial charge in [-0.15, -0.1) is 0 Å². The maximum absolute atomic E-state index is 12.3. The van der Waals surface area contributed by atoms with Gasteiger partial charge < -0.3 is 14.7 Å². The number of piperazine rings is 1. The normalized spacial score (nSPS) is 35.4. The second-order valence-electron chi connectivity index (χ2n) is 5.65. The summed E-state index contributed by atoms with van der Waals surface area (Å²) in [7, 11) is 0. The summed E-state index contributed by atoms with van der Waals surface area (Å²) in [5.74, 6) is -0.980. The zero-order valence-corrected chi connectivity index (χ0v) is 11.0. The minimum absolute atomic E-state index is 0.0182. The Morgan fingerprint density at radius 2 is 1.84 bits per heavy atom. The van der Waals surface area contributed by atoms with Crippen LogP contribution < -0.4 is 0 Å². The topological polar surface area (TPSA) is 70.1 Å². The molecule has 0 saturated carbocycles. The highest BCUT2D eigenvalue weighted by atomic mass is 16.5. The fraction of sp³-hybridized carbons (Fsp3) is 0.846. The molecule has 3 rings (SSSR count). The summed E-state index contributed by atoms with van der Waals surface area (Å²) in [6.07, 6.45) is 1.99. The molecule has 1 N–H and O–H groups in total. The summed E-state index contributed by atoms with van der Waals surface area (Å²) < 4.78 is 5.34. The Kier molecular flexibility index (Phi) is 3.45. The fourth-order valence-electron chi connectivity index (χ4n) is 3.40. The van der Waals surface area contributed by atoms with Crippen molar-refractivity contribution in [2.45, 2.75) is 43.9 Å². The molecule has 3 fully saturated rings. The molecule has 3 atom stereocenters. The number of nitrogens with zero attached hydrogens (tertiary/aromatic N) is 2. The second kappa shape index (κ2) is 5.09. The van der Waals surface area contributed by atoms with E-state index in [0.29, 0.717) is 18.9 Å². The van der Waals surface area contributed by atoms with E-state index in [1.807, 2.05) is 4.90 Å². The van der Waals surface area contributed by atoms with Crippen molar-refractivity contribution in [1.29, 1.82) is 0 Å². The number of fused-ring (bicyclic) bond motifs is 1. The van der Waals surface area contributed by atoms with Crippen molar-refractivity contribution < 1.29 is 19.4 Å². The van der Waals surface area contributed by atoms with Gasteiger partial charge in [-0.05, 0) is 32.2 Å². The van der Waals surface area contributed by atoms with Crippen LogP contribution in [0.2, 0.25) is 0 Å². The maximum atomic E-state index is 12.3. The molecule has 0 aromatic heterocycles. The average Bonchev–Trinajstić information content (AvgIpc) is 3.06. The molecule has 0 aliphatic carbocycles. The molecular weight excluding hydrogens is 248 g/mol. The van der Waals surface area contributed by atoms with Crippen LogP contribution in [-0.4, -0.2) is 71.2 Å². The van der Waals surface area contributed by atoms with Gasteiger partial charge in [-0.3, -0.25) is 9.69 Å². The van der Waals surface area contributed by atoms with Crippen molar-refractivity contribution in [3.05, 3.63) is 0 Å². The van der Waals surface area contributed by atoms with Crippen LogP contribution in [0, 0.1) is 0 Å². The number of ether oxygens (including phenoxy) is 1. The minimum atomic E-state index is -0.962. The lowest BCUT2D eigenvalue weighted by atomic mass is 10.1. The molecule has 3 aliphatic heterocycles. The van der Waals surface area contributed by atoms with E-state index < -0.39 is 18.2 Å². The first-order valence-corrected chi connectivity index (χ1v) is 7.06. The summed E-state index contributed by atoms with van der Waals surface area (Å²) in [5, 5.41) is 8.89. The maximum Gasteiger partial charge on any atom is 0.332 e. The van der Waals surface area contributed by atoms with Gasteiger partial charge in [0.1, 0.15) is 6.10 Å². The molecule has 0 aromatic rings. The van der Waals surface area contributed by atoms with E-state index in [1.54, 1.807) is 0 Å². The Morgan fingerprint density at radius 1 is 1.05 bits per heavy atom. The van der Waals surface area contributed by atoms with E-state index in [2.05, 4.69) is 4.90 Å². The molecule has 6 nitrogen and oxygen atoms in total. The highest BCUT2D eigenvalue weighted by Crippen LogP contribution is 2.25. The first-order valence-electron chi connectivity index (χ1n) is 7.06. The van der Waals surface area contributed by atoms with Crippen molar-refractivity contribution in [2.75, 3.05) is 26.2 Å². The molecule has 19 heavy (non-hydrogen) atoms. The van der Waals surface area contributed by atoms with Crippen LogP contribution in [0.3, 0.4) is 0 Å². The van der Waals surface area contributed by atoms with Crippen LogP contribution in [-0.2, 0) is 14.3 Å². The SMILES string of the molecule is O=C(O)[C@H]1CC[C@@H](C(=O)N2CCN3CCCC3C2)O1. The van der Waals surface area contributed by atoms with Crippen molar-refractivity contribution in [3.63, 3.8) is 0 Å². The fourth-order valence-corrected chi connectivity index (χ4v) is 3.40. The largest absolute Gasteiger partial charge is 0.479 e. The van der Waals surface area contributed by atoms with Crippen LogP contribution in [0.15, 0.2) is 0 Å². The number of hydrogen-bond acceptors (Lipinski definition) is 4. The second-order valence-corrected chi connectivity index (χ2v) is 5.65. The molecule has 0 bridgehead atoms. The van der Waals surface area contributed by atoms with Crippen molar-refractivity contribution >= 4 is 11.9 Å². The molecule has 106 valence electrons. The van der Waals surface area contributed by atoms with E-state index in [0.717, 1.165) is 32.6 Å². The van der Waals surface area contributed by atoms with E-state index in [-0.39, 0.29) is 5.91 Å². The van der Waals surface area contributed by atoms with Gasteiger partial charge in [0.25, 0.3) is 5.91 Å². The smallest absolute Gasteiger partial charge is 0.332 e. The minimum Gasteiger partial charge on any atom is -0.479 e. The highest BCUT2D eigenvalue weighted by molar-refractivity contribution is 5.82. The standard InChI is InChI=1S/C13H20N2O4/c16-12(10-3-4-11(19-10)13(17)18)15-7-6-14-5-1-2-9(14)8-15/h9-11H,1-8H2,(H,17,18)/t9?,10-,11+/m0/s1. The Morgan fingerprint density at radius 3 is 2.58 bits per heavy atom. The number of carbonyl (C=O) groups is 2. The van der Waals surface area contributed by atoms with E-state index >= 15 is 0 Å². The summed E-state index contributed by atoms with van der Waals surface area (Å²) in [4.78, 5) is 27.5. The number of carbonyl (C=O) groups excluding carboxylic acids is 1. The molecule has 6 heteroatoms. The zero-order chi connectivity index (χ0) is 13.4. The number of amides is 1. The molecule has 0 aromatic carbocycles. The van der Waals surface area contributed by atoms with Gasteiger partial charge in [0.2, 0.25) is 0 Å². The van der Waals surface area contributed by atoms with Gasteiger partial charge in [0.15, 0.2) is 6.10 Å². The third-order valence-electron chi connectivity index (χ3n) is 4.47. The monoisotopic (exact) mass is 268 g/mol. The average molecular weight is 268 g/mol. The van der Waals surface area contributed by atoms with Crippen LogP contribution in [0.4, 0.5) is 0 Å². The number of aliphatic carboxylic acids is 1. The van der Waals surface area contributed by atoms with E-state index in [9.17, 15) is 9.59 Å². The first kappa shape index (κ1) is 12.9. The summed E-state index contributed by atoms with van der Waals surface area (Å²) in [5.41, 5.74) is 0. The summed E-state index contributed by atoms with van der Waals surface area (Å²) in [6, 6.07) is 0.495. The number of hydrogen-bond donors (Lipinski definition) is 1. The molecule has 0 spiro atoms. The Hall–Kier alpha value is -1.14. The molecule has 1 unspecified atom stereocenters. The third kappa shape index (κ3) is 2.47. The van der Waals surface area contributed by atoms with Crippen LogP contribution in [0.25, 0.3) is 0 Å². The van der Waals surface area contributed by atoms with Crippen LogP contribution >= 0.6 is 0 Å². The lowest BCUT2D eigenvalue weighted by Crippen LogP contribution is -2.54. The van der Waals surface area contributed by atoms with Gasteiger partial charge >= 0.3 is 5.97 Å². The lowest BCUT2D eigenvalue weighted by molar-refractivity contribution is -0.155. The quantitative estimate of drug-likeness (QED) is 0.759. The lowest BCUT2D eigenvalue weighted by Gasteiger charge is -2.38. The molecular formula is C13H20N2O4. The highest BCUT2D eigenvalue weighted by Gasteiger charge is 2.39. The molecule has 1 amide bonds. The number of carboxylic acids is 1. The van der Waals surface area contributed by atoms with Gasteiger partial charge in [-0.2, -0.15) is 0 Å². The van der Waals surface area contributed by atoms with Gasteiger partial charge in [0, 0.05) is 25.7 Å². The summed E-state index contributed by atoms with van der Waals surface area (Å²) in [6.45, 7) is 3.60. The molecule has 3 saturated heterocycles.